The van der Waals surface area contributed by atoms with Gasteiger partial charge in [-0.3, -0.25) is 9.55 Å². The maximum absolute atomic E-state index is 13.5. The number of pyridine rings is 1. The third kappa shape index (κ3) is 8.12. The SMILES string of the molecule is CCOP(=O)(OCC)C(Nc1cc(OC)c(OC)c(OC)c1)c1ccccn1.[Cl-].[Cl-].[Pt+2]. The molecule has 0 spiro atoms. The van der Waals surface area contributed by atoms with Gasteiger partial charge < -0.3 is 53.4 Å². The maximum Gasteiger partial charge on any atom is 2.00 e. The molecule has 8 nitrogen and oxygen atoms in total. The Morgan fingerprint density at radius 1 is 0.968 bits per heavy atom. The topological polar surface area (TPSA) is 88.1 Å². The monoisotopic (exact) mass is 675 g/mol. The molecule has 1 heterocycles. The van der Waals surface area contributed by atoms with Crippen LogP contribution in [0.15, 0.2) is 36.5 Å². The summed E-state index contributed by atoms with van der Waals surface area (Å²) < 4.78 is 40.8. The van der Waals surface area contributed by atoms with Gasteiger partial charge in [0.2, 0.25) is 5.75 Å². The normalized spacial score (nSPS) is 11.1. The van der Waals surface area contributed by atoms with Crippen LogP contribution in [0.4, 0.5) is 5.69 Å². The van der Waals surface area contributed by atoms with Crippen LogP contribution in [-0.2, 0) is 34.7 Å². The molecule has 1 N–H and O–H groups in total. The zero-order chi connectivity index (χ0) is 20.6. The van der Waals surface area contributed by atoms with Gasteiger partial charge in [-0.05, 0) is 26.0 Å². The molecule has 1 aromatic heterocycles. The Morgan fingerprint density at radius 2 is 1.52 bits per heavy atom. The van der Waals surface area contributed by atoms with Crippen molar-refractivity contribution in [1.29, 1.82) is 0 Å². The van der Waals surface area contributed by atoms with Crippen LogP contribution in [0, 0.1) is 0 Å². The molecule has 0 amide bonds. The second-order valence-corrected chi connectivity index (χ2v) is 7.70. The standard InChI is InChI=1S/C19H27N2O6P.2ClH.Pt/c1-6-26-28(22,27-7-2)19(15-10-8-9-11-20-15)21-14-12-16(23-3)18(25-5)17(13-14)24-4;;;/h8-13,19,21H,6-7H2,1-5H3;2*1H;/q;;;+2/p-2. The van der Waals surface area contributed by atoms with Crippen molar-refractivity contribution in [3.8, 4) is 17.2 Å². The van der Waals surface area contributed by atoms with E-state index in [0.29, 0.717) is 28.6 Å². The van der Waals surface area contributed by atoms with Crippen LogP contribution in [0.1, 0.15) is 25.3 Å². The van der Waals surface area contributed by atoms with E-state index in [0.717, 1.165) is 0 Å². The minimum Gasteiger partial charge on any atom is -1.00 e. The summed E-state index contributed by atoms with van der Waals surface area (Å²) >= 11 is 0. The fraction of sp³-hybridized carbons (Fsp3) is 0.421. The van der Waals surface area contributed by atoms with Crippen molar-refractivity contribution in [3.63, 3.8) is 0 Å². The molecule has 2 aromatic rings. The first kappa shape index (κ1) is 32.2. The van der Waals surface area contributed by atoms with Gasteiger partial charge in [0.25, 0.3) is 0 Å². The minimum absolute atomic E-state index is 0. The molecule has 1 unspecified atom stereocenters. The number of rotatable bonds is 11. The Balaban J connectivity index is 0. The van der Waals surface area contributed by atoms with Crippen LogP contribution in [-0.4, -0.2) is 39.5 Å². The zero-order valence-corrected chi connectivity index (χ0v) is 22.6. The summed E-state index contributed by atoms with van der Waals surface area (Å²) in [6.45, 7) is 4.00. The smallest absolute Gasteiger partial charge is 1.00 e. The number of benzene rings is 1. The molecule has 0 aliphatic heterocycles. The van der Waals surface area contributed by atoms with E-state index in [9.17, 15) is 4.57 Å². The second kappa shape index (κ2) is 15.7. The molecular formula is C19H27Cl2N2O6PPt. The molecule has 178 valence electrons. The Hall–Kier alpha value is -1.01. The first-order chi connectivity index (χ1) is 13.5. The average Bonchev–Trinajstić information content (AvgIpc) is 2.72. The fourth-order valence-electron chi connectivity index (χ4n) is 2.72. The number of halogens is 2. The van der Waals surface area contributed by atoms with Crippen molar-refractivity contribution in [2.24, 2.45) is 0 Å². The molecule has 0 saturated carbocycles. The summed E-state index contributed by atoms with van der Waals surface area (Å²) in [4.78, 5) is 4.34. The van der Waals surface area contributed by atoms with Crippen LogP contribution in [0.5, 0.6) is 17.2 Å². The van der Waals surface area contributed by atoms with Gasteiger partial charge in [0, 0.05) is 24.0 Å². The molecule has 12 heteroatoms. The summed E-state index contributed by atoms with van der Waals surface area (Å²) in [6.07, 6.45) is 1.63. The molecule has 0 fully saturated rings. The minimum atomic E-state index is -3.57. The third-order valence-electron chi connectivity index (χ3n) is 3.87. The van der Waals surface area contributed by atoms with Crippen molar-refractivity contribution >= 4 is 13.3 Å². The summed E-state index contributed by atoms with van der Waals surface area (Å²) in [7, 11) is 1.02. The summed E-state index contributed by atoms with van der Waals surface area (Å²) in [6, 6.07) is 8.81. The molecule has 0 radical (unpaired) electrons. The van der Waals surface area contributed by atoms with Gasteiger partial charge in [-0.2, -0.15) is 0 Å². The Bertz CT molecular complexity index is 784. The zero-order valence-electron chi connectivity index (χ0n) is 17.9. The molecule has 0 aliphatic carbocycles. The van der Waals surface area contributed by atoms with E-state index < -0.39 is 13.4 Å². The van der Waals surface area contributed by atoms with Crippen molar-refractivity contribution < 1.29 is 73.7 Å². The molecular weight excluding hydrogens is 649 g/mol. The van der Waals surface area contributed by atoms with E-state index >= 15 is 0 Å². The number of nitrogens with zero attached hydrogens (tertiary/aromatic N) is 1. The van der Waals surface area contributed by atoms with Gasteiger partial charge in [-0.15, -0.1) is 0 Å². The molecule has 1 atom stereocenters. The quantitative estimate of drug-likeness (QED) is 0.288. The number of hydrogen-bond donors (Lipinski definition) is 1. The van der Waals surface area contributed by atoms with Gasteiger partial charge >= 0.3 is 28.7 Å². The largest absolute Gasteiger partial charge is 2.00 e. The summed E-state index contributed by atoms with van der Waals surface area (Å²) in [5.74, 6) is 0.567. The number of hydrogen-bond acceptors (Lipinski definition) is 8. The third-order valence-corrected chi connectivity index (χ3v) is 6.13. The van der Waals surface area contributed by atoms with Crippen molar-refractivity contribution in [2.45, 2.75) is 19.6 Å². The Morgan fingerprint density at radius 3 is 1.90 bits per heavy atom. The Labute approximate surface area is 210 Å². The number of aromatic nitrogens is 1. The molecule has 2 rings (SSSR count). The van der Waals surface area contributed by atoms with Crippen molar-refractivity contribution in [1.82, 2.24) is 4.98 Å². The van der Waals surface area contributed by atoms with Crippen molar-refractivity contribution in [2.75, 3.05) is 39.9 Å². The summed E-state index contributed by atoms with van der Waals surface area (Å²) in [5.41, 5.74) is 1.12. The van der Waals surface area contributed by atoms with Crippen LogP contribution >= 0.6 is 7.60 Å². The van der Waals surface area contributed by atoms with E-state index in [4.69, 9.17) is 23.3 Å². The molecule has 0 saturated heterocycles. The van der Waals surface area contributed by atoms with Crippen LogP contribution in [0.2, 0.25) is 0 Å². The molecule has 31 heavy (non-hydrogen) atoms. The number of nitrogens with one attached hydrogen (secondary N) is 1. The predicted octanol–water partition coefficient (Wildman–Crippen LogP) is -1.51. The van der Waals surface area contributed by atoms with Gasteiger partial charge in [0.15, 0.2) is 17.3 Å². The molecule has 1 aromatic carbocycles. The van der Waals surface area contributed by atoms with E-state index in [1.54, 1.807) is 44.3 Å². The van der Waals surface area contributed by atoms with Gasteiger partial charge in [0.05, 0.1) is 40.2 Å². The number of anilines is 1. The van der Waals surface area contributed by atoms with E-state index in [2.05, 4.69) is 10.3 Å². The molecule has 0 bridgehead atoms. The average molecular weight is 676 g/mol. The van der Waals surface area contributed by atoms with Crippen LogP contribution in [0.3, 0.4) is 0 Å². The number of methoxy groups -OCH3 is 3. The molecule has 0 aliphatic rings. The van der Waals surface area contributed by atoms with E-state index in [1.165, 1.54) is 21.3 Å². The summed E-state index contributed by atoms with van der Waals surface area (Å²) in [5, 5.41) is 3.22. The maximum atomic E-state index is 13.5. The Kier molecular flexibility index (Phi) is 16.3. The van der Waals surface area contributed by atoms with E-state index in [-0.39, 0.29) is 59.1 Å². The predicted molar refractivity (Wildman–Crippen MR) is 108 cm³/mol. The fourth-order valence-corrected chi connectivity index (χ4v) is 4.60. The van der Waals surface area contributed by atoms with Gasteiger partial charge in [-0.1, -0.05) is 6.07 Å². The van der Waals surface area contributed by atoms with Crippen LogP contribution in [0.25, 0.3) is 0 Å². The van der Waals surface area contributed by atoms with Gasteiger partial charge in [-0.25, -0.2) is 0 Å². The van der Waals surface area contributed by atoms with Crippen LogP contribution < -0.4 is 44.3 Å². The van der Waals surface area contributed by atoms with E-state index in [1.807, 2.05) is 6.07 Å². The second-order valence-electron chi connectivity index (χ2n) is 5.59. The van der Waals surface area contributed by atoms with Gasteiger partial charge in [0.1, 0.15) is 0 Å². The van der Waals surface area contributed by atoms with Crippen molar-refractivity contribution in [3.05, 3.63) is 42.2 Å². The number of ether oxygens (including phenoxy) is 3. The first-order valence-electron chi connectivity index (χ1n) is 8.89. The first-order valence-corrected chi connectivity index (χ1v) is 10.5.